The van der Waals surface area contributed by atoms with Gasteiger partial charge < -0.3 is 5.11 Å². The van der Waals surface area contributed by atoms with Gasteiger partial charge in [0.05, 0.1) is 5.51 Å². The average molecular weight is 391 g/mol. The maximum absolute atomic E-state index is 12.3. The lowest BCUT2D eigenvalue weighted by Crippen LogP contribution is -2.27. The van der Waals surface area contributed by atoms with E-state index in [-0.39, 0.29) is 4.21 Å². The van der Waals surface area contributed by atoms with E-state index < -0.39 is 27.7 Å². The number of nitrogens with one attached hydrogen (secondary N) is 1. The van der Waals surface area contributed by atoms with Crippen molar-refractivity contribution >= 4 is 43.3 Å². The van der Waals surface area contributed by atoms with Crippen LogP contribution in [-0.4, -0.2) is 24.5 Å². The van der Waals surface area contributed by atoms with Crippen LogP contribution in [-0.2, 0) is 10.0 Å². The summed E-state index contributed by atoms with van der Waals surface area (Å²) in [6, 6.07) is 6.67. The summed E-state index contributed by atoms with van der Waals surface area (Å²) < 4.78 is 27.5. The summed E-state index contributed by atoms with van der Waals surface area (Å²) in [6.07, 6.45) is 0. The number of hydrogen-bond acceptors (Lipinski definition) is 5. The zero-order valence-corrected chi connectivity index (χ0v) is 14.0. The van der Waals surface area contributed by atoms with Gasteiger partial charge in [-0.05, 0) is 18.6 Å². The molecule has 1 atom stereocenters. The monoisotopic (exact) mass is 390 g/mol. The molecule has 2 rings (SSSR count). The first-order valence-corrected chi connectivity index (χ1v) is 8.92. The molecule has 0 spiro atoms. The smallest absolute Gasteiger partial charge is 0.356 e. The van der Waals surface area contributed by atoms with Crippen LogP contribution in [0.2, 0.25) is 0 Å². The Morgan fingerprint density at radius 1 is 1.43 bits per heavy atom. The van der Waals surface area contributed by atoms with E-state index in [0.717, 1.165) is 21.4 Å². The first-order valence-electron chi connectivity index (χ1n) is 5.76. The number of aromatic carboxylic acids is 1. The summed E-state index contributed by atoms with van der Waals surface area (Å²) in [6.45, 7) is 1.68. The van der Waals surface area contributed by atoms with Gasteiger partial charge in [0, 0.05) is 10.5 Å². The Balaban J connectivity index is 2.32. The van der Waals surface area contributed by atoms with E-state index in [1.807, 2.05) is 6.07 Å². The molecule has 0 aliphatic rings. The van der Waals surface area contributed by atoms with E-state index in [1.165, 1.54) is 5.51 Å². The number of hydrogen-bond donors (Lipinski definition) is 2. The highest BCUT2D eigenvalue weighted by atomic mass is 79.9. The number of carboxylic acids is 1. The molecule has 0 radical (unpaired) electrons. The highest BCUT2D eigenvalue weighted by Crippen LogP contribution is 2.26. The number of halogens is 1. The van der Waals surface area contributed by atoms with Crippen molar-refractivity contribution in [3.63, 3.8) is 0 Å². The van der Waals surface area contributed by atoms with E-state index in [1.54, 1.807) is 25.1 Å². The summed E-state index contributed by atoms with van der Waals surface area (Å²) in [7, 11) is -3.95. The van der Waals surface area contributed by atoms with Crippen molar-refractivity contribution in [3.05, 3.63) is 45.5 Å². The van der Waals surface area contributed by atoms with Crippen LogP contribution in [0.5, 0.6) is 0 Å². The Morgan fingerprint density at radius 2 is 2.10 bits per heavy atom. The van der Waals surface area contributed by atoms with E-state index in [4.69, 9.17) is 5.11 Å². The fourth-order valence-corrected chi connectivity index (χ4v) is 4.75. The van der Waals surface area contributed by atoms with Crippen LogP contribution in [0, 0.1) is 0 Å². The third-order valence-electron chi connectivity index (χ3n) is 2.69. The predicted molar refractivity (Wildman–Crippen MR) is 82.0 cm³/mol. The molecule has 0 unspecified atom stereocenters. The highest BCUT2D eigenvalue weighted by Gasteiger charge is 2.27. The number of thiazole rings is 1. The fourth-order valence-electron chi connectivity index (χ4n) is 1.74. The zero-order valence-electron chi connectivity index (χ0n) is 10.8. The Hall–Kier alpha value is -1.29. The minimum absolute atomic E-state index is 0.297. The van der Waals surface area contributed by atoms with Crippen LogP contribution in [0.4, 0.5) is 0 Å². The Bertz CT molecular complexity index is 773. The van der Waals surface area contributed by atoms with E-state index in [9.17, 15) is 13.2 Å². The van der Waals surface area contributed by atoms with Gasteiger partial charge in [-0.3, -0.25) is 0 Å². The highest BCUT2D eigenvalue weighted by molar-refractivity contribution is 9.10. The second-order valence-electron chi connectivity index (χ2n) is 4.16. The van der Waals surface area contributed by atoms with Crippen molar-refractivity contribution in [2.24, 2.45) is 0 Å². The molecule has 0 saturated carbocycles. The van der Waals surface area contributed by atoms with Crippen molar-refractivity contribution in [2.75, 3.05) is 0 Å². The van der Waals surface area contributed by atoms with Crippen molar-refractivity contribution in [1.29, 1.82) is 0 Å². The number of carboxylic acid groups (broad SMARTS) is 1. The van der Waals surface area contributed by atoms with Crippen molar-refractivity contribution in [3.8, 4) is 0 Å². The van der Waals surface area contributed by atoms with Crippen molar-refractivity contribution in [1.82, 2.24) is 9.71 Å². The Kier molecular flexibility index (Phi) is 4.77. The summed E-state index contributed by atoms with van der Waals surface area (Å²) in [4.78, 5) is 14.6. The molecular weight excluding hydrogens is 380 g/mol. The van der Waals surface area contributed by atoms with Gasteiger partial charge in [-0.2, -0.15) is 0 Å². The van der Waals surface area contributed by atoms with Gasteiger partial charge in [-0.1, -0.05) is 34.1 Å². The largest absolute Gasteiger partial charge is 0.476 e. The Morgan fingerprint density at radius 3 is 2.71 bits per heavy atom. The Labute approximate surface area is 134 Å². The number of nitrogens with zero attached hydrogens (tertiary/aromatic N) is 1. The molecule has 9 heteroatoms. The second-order valence-corrected chi connectivity index (χ2v) is 7.78. The lowest BCUT2D eigenvalue weighted by Gasteiger charge is -2.15. The van der Waals surface area contributed by atoms with Gasteiger partial charge in [-0.15, -0.1) is 11.3 Å². The standard InChI is InChI=1S/C12H11BrN2O4S2/c1-7(8-4-2-3-5-9(8)13)15-21(18,19)12-10(11(16)17)14-6-20-12/h2-7,15H,1H3,(H,16,17)/t7-/m0/s1. The lowest BCUT2D eigenvalue weighted by molar-refractivity contribution is 0.0687. The molecule has 0 fully saturated rings. The minimum atomic E-state index is -3.95. The molecule has 0 aliphatic heterocycles. The number of rotatable bonds is 5. The molecule has 21 heavy (non-hydrogen) atoms. The number of carbonyl (C=O) groups is 1. The van der Waals surface area contributed by atoms with Gasteiger partial charge in [-0.25, -0.2) is 22.9 Å². The molecule has 0 aliphatic carbocycles. The quantitative estimate of drug-likeness (QED) is 0.817. The van der Waals surface area contributed by atoms with Gasteiger partial charge in [0.1, 0.15) is 0 Å². The molecule has 0 amide bonds. The number of sulfonamides is 1. The van der Waals surface area contributed by atoms with Crippen LogP contribution in [0.3, 0.4) is 0 Å². The zero-order chi connectivity index (χ0) is 15.6. The van der Waals surface area contributed by atoms with E-state index in [0.29, 0.717) is 0 Å². The summed E-state index contributed by atoms with van der Waals surface area (Å²) in [5.41, 5.74) is 1.48. The van der Waals surface area contributed by atoms with Gasteiger partial charge >= 0.3 is 5.97 Å². The molecule has 1 aromatic carbocycles. The first kappa shape index (κ1) is 16.1. The molecule has 6 nitrogen and oxygen atoms in total. The maximum Gasteiger partial charge on any atom is 0.356 e. The lowest BCUT2D eigenvalue weighted by atomic mass is 10.1. The third kappa shape index (κ3) is 3.49. The molecule has 2 aromatic rings. The third-order valence-corrected chi connectivity index (χ3v) is 6.32. The van der Waals surface area contributed by atoms with Crippen LogP contribution >= 0.6 is 27.3 Å². The molecule has 112 valence electrons. The maximum atomic E-state index is 12.3. The minimum Gasteiger partial charge on any atom is -0.476 e. The predicted octanol–water partition coefficient (Wildman–Crippen LogP) is 2.64. The summed E-state index contributed by atoms with van der Waals surface area (Å²) >= 11 is 4.12. The van der Waals surface area contributed by atoms with Crippen LogP contribution in [0.25, 0.3) is 0 Å². The SMILES string of the molecule is C[C@H](NS(=O)(=O)c1scnc1C(=O)O)c1ccccc1Br. The van der Waals surface area contributed by atoms with Crippen LogP contribution in [0.15, 0.2) is 38.5 Å². The van der Waals surface area contributed by atoms with Crippen molar-refractivity contribution in [2.45, 2.75) is 17.2 Å². The normalized spacial score (nSPS) is 13.0. The number of aromatic nitrogens is 1. The molecule has 0 saturated heterocycles. The summed E-state index contributed by atoms with van der Waals surface area (Å²) in [5.74, 6) is -1.37. The van der Waals surface area contributed by atoms with Gasteiger partial charge in [0.2, 0.25) is 0 Å². The van der Waals surface area contributed by atoms with Gasteiger partial charge in [0.15, 0.2) is 9.90 Å². The van der Waals surface area contributed by atoms with Crippen LogP contribution < -0.4 is 4.72 Å². The molecule has 1 heterocycles. The fraction of sp³-hybridized carbons (Fsp3) is 0.167. The van der Waals surface area contributed by atoms with E-state index in [2.05, 4.69) is 25.6 Å². The van der Waals surface area contributed by atoms with Gasteiger partial charge in [0.25, 0.3) is 10.0 Å². The second kappa shape index (κ2) is 6.22. The number of benzene rings is 1. The van der Waals surface area contributed by atoms with Crippen LogP contribution in [0.1, 0.15) is 29.0 Å². The molecular formula is C12H11BrN2O4S2. The van der Waals surface area contributed by atoms with Crippen molar-refractivity contribution < 1.29 is 18.3 Å². The first-order chi connectivity index (χ1) is 9.83. The molecule has 2 N–H and O–H groups in total. The topological polar surface area (TPSA) is 96.4 Å². The molecule has 0 bridgehead atoms. The van der Waals surface area contributed by atoms with E-state index >= 15 is 0 Å². The average Bonchev–Trinajstić information content (AvgIpc) is 2.88. The molecule has 1 aromatic heterocycles. The summed E-state index contributed by atoms with van der Waals surface area (Å²) in [5, 5.41) is 8.96.